The summed E-state index contributed by atoms with van der Waals surface area (Å²) >= 11 is 0. The predicted molar refractivity (Wildman–Crippen MR) is 72.0 cm³/mol. The number of amides is 2. The van der Waals surface area contributed by atoms with E-state index >= 15 is 0 Å². The molecule has 118 valence electrons. The van der Waals surface area contributed by atoms with Crippen LogP contribution in [0.3, 0.4) is 0 Å². The lowest BCUT2D eigenvalue weighted by Gasteiger charge is -2.17. The molecule has 2 atom stereocenters. The summed E-state index contributed by atoms with van der Waals surface area (Å²) in [5.41, 5.74) is 7.25. The Morgan fingerprint density at radius 3 is 2.71 bits per heavy atom. The SMILES string of the molecule is CC/C=N\OCONC(=O)C(CC)CC(OC#N)C(N)=O. The molecule has 0 aliphatic heterocycles. The molecule has 0 spiro atoms. The second-order valence-electron chi connectivity index (χ2n) is 3.99. The number of ether oxygens (including phenoxy) is 1. The highest BCUT2D eigenvalue weighted by Crippen LogP contribution is 2.13. The highest BCUT2D eigenvalue weighted by Gasteiger charge is 2.26. The summed E-state index contributed by atoms with van der Waals surface area (Å²) < 4.78 is 4.52. The number of nitriles is 1. The molecule has 0 aromatic heterocycles. The molecule has 0 rings (SSSR count). The van der Waals surface area contributed by atoms with Crippen LogP contribution in [-0.2, 0) is 24.0 Å². The number of oxime groups is 1. The van der Waals surface area contributed by atoms with Gasteiger partial charge in [0.2, 0.25) is 12.7 Å². The fourth-order valence-electron chi connectivity index (χ4n) is 1.37. The van der Waals surface area contributed by atoms with Crippen LogP contribution in [0.2, 0.25) is 0 Å². The third-order valence-corrected chi connectivity index (χ3v) is 2.49. The van der Waals surface area contributed by atoms with E-state index in [4.69, 9.17) is 15.8 Å². The minimum absolute atomic E-state index is 0.0105. The molecule has 9 heteroatoms. The van der Waals surface area contributed by atoms with Crippen molar-refractivity contribution in [3.8, 4) is 6.26 Å². The summed E-state index contributed by atoms with van der Waals surface area (Å²) in [6.07, 6.45) is 2.91. The minimum Gasteiger partial charge on any atom is -0.414 e. The van der Waals surface area contributed by atoms with Gasteiger partial charge in [0, 0.05) is 18.6 Å². The molecule has 0 heterocycles. The molecule has 3 N–H and O–H groups in total. The Balaban J connectivity index is 4.20. The smallest absolute Gasteiger partial charge is 0.287 e. The third-order valence-electron chi connectivity index (χ3n) is 2.49. The molecule has 0 aliphatic carbocycles. The molecule has 0 aromatic carbocycles. The van der Waals surface area contributed by atoms with Gasteiger partial charge in [-0.1, -0.05) is 19.0 Å². The number of hydroxylamine groups is 1. The zero-order valence-corrected chi connectivity index (χ0v) is 12.1. The van der Waals surface area contributed by atoms with E-state index < -0.39 is 23.8 Å². The second-order valence-corrected chi connectivity index (χ2v) is 3.99. The van der Waals surface area contributed by atoms with Gasteiger partial charge in [0.05, 0.1) is 0 Å². The Kier molecular flexibility index (Phi) is 10.2. The topological polar surface area (TPSA) is 136 Å². The zero-order valence-electron chi connectivity index (χ0n) is 12.1. The predicted octanol–water partition coefficient (Wildman–Crippen LogP) is 0.172. The number of nitrogens with one attached hydrogen (secondary N) is 1. The Bertz CT molecular complexity index is 394. The number of hydrogen-bond donors (Lipinski definition) is 2. The fraction of sp³-hybridized carbons (Fsp3) is 0.667. The van der Waals surface area contributed by atoms with Crippen LogP contribution >= 0.6 is 0 Å². The van der Waals surface area contributed by atoms with Crippen molar-refractivity contribution in [3.63, 3.8) is 0 Å². The van der Waals surface area contributed by atoms with E-state index in [1.165, 1.54) is 12.5 Å². The molecule has 0 saturated carbocycles. The monoisotopic (exact) mass is 300 g/mol. The standard InChI is InChI=1S/C12H20N4O5/c1-3-5-15-20-8-21-16-12(18)9(4-2)6-10(11(14)17)19-7-13/h5,9-10H,3-4,6,8H2,1-2H3,(H2,14,17)(H,16,18)/b15-5-. The highest BCUT2D eigenvalue weighted by atomic mass is 16.8. The van der Waals surface area contributed by atoms with E-state index in [2.05, 4.69) is 20.2 Å². The van der Waals surface area contributed by atoms with Gasteiger partial charge in [-0.15, -0.1) is 0 Å². The van der Waals surface area contributed by atoms with Gasteiger partial charge in [-0.25, -0.2) is 10.3 Å². The Morgan fingerprint density at radius 2 is 2.19 bits per heavy atom. The van der Waals surface area contributed by atoms with Crippen molar-refractivity contribution >= 4 is 18.0 Å². The van der Waals surface area contributed by atoms with Gasteiger partial charge in [-0.05, 0) is 12.8 Å². The lowest BCUT2D eigenvalue weighted by Crippen LogP contribution is -2.37. The number of carbonyl (C=O) groups is 2. The summed E-state index contributed by atoms with van der Waals surface area (Å²) in [4.78, 5) is 32.3. The summed E-state index contributed by atoms with van der Waals surface area (Å²) in [7, 11) is 0. The number of nitrogens with two attached hydrogens (primary N) is 1. The highest BCUT2D eigenvalue weighted by molar-refractivity contribution is 5.81. The number of hydrogen-bond acceptors (Lipinski definition) is 7. The third kappa shape index (κ3) is 8.43. The number of carbonyl (C=O) groups excluding carboxylic acids is 2. The average Bonchev–Trinajstić information content (AvgIpc) is 2.46. The molecule has 0 saturated heterocycles. The molecule has 2 unspecified atom stereocenters. The molecule has 9 nitrogen and oxygen atoms in total. The number of primary amides is 1. The van der Waals surface area contributed by atoms with Crippen LogP contribution in [0, 0.1) is 17.4 Å². The summed E-state index contributed by atoms with van der Waals surface area (Å²) in [6, 6.07) is 0. The Hall–Kier alpha value is -2.34. The lowest BCUT2D eigenvalue weighted by molar-refractivity contribution is -0.152. The summed E-state index contributed by atoms with van der Waals surface area (Å²) in [6.45, 7) is 3.39. The van der Waals surface area contributed by atoms with Crippen LogP contribution in [-0.4, -0.2) is 30.9 Å². The minimum atomic E-state index is -1.14. The van der Waals surface area contributed by atoms with Crippen molar-refractivity contribution in [1.82, 2.24) is 5.48 Å². The van der Waals surface area contributed by atoms with Gasteiger partial charge in [0.25, 0.3) is 12.2 Å². The molecule has 0 aromatic rings. The molecule has 0 radical (unpaired) electrons. The normalized spacial score (nSPS) is 13.2. The van der Waals surface area contributed by atoms with Gasteiger partial charge in [0.15, 0.2) is 6.10 Å². The van der Waals surface area contributed by atoms with Crippen molar-refractivity contribution in [2.45, 2.75) is 39.2 Å². The van der Waals surface area contributed by atoms with Crippen molar-refractivity contribution in [1.29, 1.82) is 5.26 Å². The van der Waals surface area contributed by atoms with Crippen molar-refractivity contribution < 1.29 is 24.0 Å². The van der Waals surface area contributed by atoms with Gasteiger partial charge in [-0.3, -0.25) is 9.59 Å². The van der Waals surface area contributed by atoms with Crippen LogP contribution in [0.5, 0.6) is 0 Å². The van der Waals surface area contributed by atoms with E-state index in [1.54, 1.807) is 6.92 Å². The second kappa shape index (κ2) is 11.5. The lowest BCUT2D eigenvalue weighted by atomic mass is 9.97. The summed E-state index contributed by atoms with van der Waals surface area (Å²) in [5, 5.41) is 11.9. The van der Waals surface area contributed by atoms with Crippen LogP contribution < -0.4 is 11.2 Å². The van der Waals surface area contributed by atoms with Gasteiger partial charge in [-0.2, -0.15) is 5.26 Å². The largest absolute Gasteiger partial charge is 0.414 e. The molecule has 21 heavy (non-hydrogen) atoms. The van der Waals surface area contributed by atoms with Gasteiger partial charge >= 0.3 is 0 Å². The van der Waals surface area contributed by atoms with E-state index in [0.29, 0.717) is 6.42 Å². The maximum Gasteiger partial charge on any atom is 0.287 e. The van der Waals surface area contributed by atoms with Gasteiger partial charge < -0.3 is 15.3 Å². The van der Waals surface area contributed by atoms with E-state index in [1.807, 2.05) is 6.92 Å². The first kappa shape index (κ1) is 18.7. The molecule has 0 bridgehead atoms. The molecule has 2 amide bonds. The van der Waals surface area contributed by atoms with E-state index in [-0.39, 0.29) is 13.2 Å². The van der Waals surface area contributed by atoms with Crippen molar-refractivity contribution in [3.05, 3.63) is 0 Å². The van der Waals surface area contributed by atoms with Crippen LogP contribution in [0.1, 0.15) is 33.1 Å². The van der Waals surface area contributed by atoms with Crippen LogP contribution in [0.15, 0.2) is 5.16 Å². The van der Waals surface area contributed by atoms with Crippen molar-refractivity contribution in [2.75, 3.05) is 6.79 Å². The van der Waals surface area contributed by atoms with Crippen LogP contribution in [0.25, 0.3) is 0 Å². The van der Waals surface area contributed by atoms with Crippen molar-refractivity contribution in [2.24, 2.45) is 16.8 Å². The first-order valence-electron chi connectivity index (χ1n) is 6.46. The van der Waals surface area contributed by atoms with Gasteiger partial charge in [0.1, 0.15) is 0 Å². The maximum atomic E-state index is 11.8. The first-order valence-corrected chi connectivity index (χ1v) is 6.46. The quantitative estimate of drug-likeness (QED) is 0.183. The summed E-state index contributed by atoms with van der Waals surface area (Å²) in [5.74, 6) is -1.86. The number of nitrogens with zero attached hydrogens (tertiary/aromatic N) is 2. The van der Waals surface area contributed by atoms with E-state index in [9.17, 15) is 9.59 Å². The maximum absolute atomic E-state index is 11.8. The molecule has 0 fully saturated rings. The Morgan fingerprint density at radius 1 is 1.48 bits per heavy atom. The Labute approximate surface area is 123 Å². The zero-order chi connectivity index (χ0) is 16.1. The molecular formula is C12H20N4O5. The fourth-order valence-corrected chi connectivity index (χ4v) is 1.37. The number of rotatable bonds is 11. The first-order chi connectivity index (χ1) is 10.1. The molecule has 0 aliphatic rings. The van der Waals surface area contributed by atoms with E-state index in [0.717, 1.165) is 6.42 Å². The van der Waals surface area contributed by atoms with Crippen LogP contribution in [0.4, 0.5) is 0 Å². The average molecular weight is 300 g/mol. The molecular weight excluding hydrogens is 280 g/mol.